The van der Waals surface area contributed by atoms with Gasteiger partial charge >= 0.3 is 0 Å². The second kappa shape index (κ2) is 6.62. The van der Waals surface area contributed by atoms with Crippen LogP contribution in [0.4, 0.5) is 0 Å². The lowest BCUT2D eigenvalue weighted by atomic mass is 10.3. The highest BCUT2D eigenvalue weighted by Crippen LogP contribution is 2.27. The number of fused-ring (bicyclic) bond motifs is 1. The third-order valence-corrected chi connectivity index (χ3v) is 4.83. The molecule has 0 saturated carbocycles. The molecule has 1 atom stereocenters. The van der Waals surface area contributed by atoms with Crippen molar-refractivity contribution in [3.63, 3.8) is 0 Å². The first-order valence-corrected chi connectivity index (χ1v) is 8.29. The van der Waals surface area contributed by atoms with Crippen LogP contribution in [0.15, 0.2) is 29.3 Å². The fourth-order valence-corrected chi connectivity index (χ4v) is 3.39. The summed E-state index contributed by atoms with van der Waals surface area (Å²) < 4.78 is 5.29. The molecule has 5 nitrogen and oxygen atoms in total. The largest absolute Gasteiger partial charge is 0.378 e. The Hall–Kier alpha value is -1.66. The normalized spacial score (nSPS) is 16.7. The van der Waals surface area contributed by atoms with E-state index < -0.39 is 0 Å². The van der Waals surface area contributed by atoms with Crippen LogP contribution in [0.25, 0.3) is 11.0 Å². The van der Waals surface area contributed by atoms with E-state index in [0.29, 0.717) is 26.3 Å². The smallest absolute Gasteiger partial charge is 0.235 e. The Balaban J connectivity index is 1.76. The van der Waals surface area contributed by atoms with E-state index in [1.54, 1.807) is 0 Å². The summed E-state index contributed by atoms with van der Waals surface area (Å²) in [5.41, 5.74) is 2.61. The maximum Gasteiger partial charge on any atom is 0.235 e. The third-order valence-electron chi connectivity index (χ3n) is 3.66. The van der Waals surface area contributed by atoms with Gasteiger partial charge in [-0.3, -0.25) is 4.79 Å². The zero-order valence-corrected chi connectivity index (χ0v) is 13.6. The number of aryl methyl sites for hydroxylation is 1. The molecule has 1 saturated heterocycles. The van der Waals surface area contributed by atoms with Crippen LogP contribution in [0, 0.1) is 6.92 Å². The number of thioether (sulfide) groups is 1. The summed E-state index contributed by atoms with van der Waals surface area (Å²) in [6.45, 7) is 6.46. The first-order chi connectivity index (χ1) is 10.6. The fraction of sp³-hybridized carbons (Fsp3) is 0.438. The summed E-state index contributed by atoms with van der Waals surface area (Å²) in [5, 5.41) is 0.653. The molecule has 1 aromatic carbocycles. The van der Waals surface area contributed by atoms with Crippen LogP contribution in [0.1, 0.15) is 12.6 Å². The maximum atomic E-state index is 12.5. The highest BCUT2D eigenvalue weighted by molar-refractivity contribution is 8.00. The van der Waals surface area contributed by atoms with Gasteiger partial charge in [-0.1, -0.05) is 23.9 Å². The van der Waals surface area contributed by atoms with Crippen LogP contribution in [0.2, 0.25) is 0 Å². The molecule has 1 amide bonds. The zero-order chi connectivity index (χ0) is 15.5. The number of aromatic nitrogens is 2. The van der Waals surface area contributed by atoms with E-state index in [9.17, 15) is 4.79 Å². The number of hydrogen-bond donors (Lipinski definition) is 0. The molecular weight excluding hydrogens is 298 g/mol. The summed E-state index contributed by atoms with van der Waals surface area (Å²) in [4.78, 5) is 23.6. The average molecular weight is 317 g/mol. The SMILES string of the molecule is Cc1nc2ccccc2nc1SC(C)C(=O)N1CCOCC1. The number of carbonyl (C=O) groups is 1. The predicted molar refractivity (Wildman–Crippen MR) is 87.0 cm³/mol. The first kappa shape index (κ1) is 15.2. The van der Waals surface area contributed by atoms with Gasteiger partial charge in [-0.2, -0.15) is 0 Å². The van der Waals surface area contributed by atoms with Crippen molar-refractivity contribution in [2.45, 2.75) is 24.1 Å². The van der Waals surface area contributed by atoms with Gasteiger partial charge in [0.2, 0.25) is 5.91 Å². The van der Waals surface area contributed by atoms with E-state index in [2.05, 4.69) is 9.97 Å². The number of morpholine rings is 1. The lowest BCUT2D eigenvalue weighted by Crippen LogP contribution is -2.44. The number of hydrogen-bond acceptors (Lipinski definition) is 5. The fourth-order valence-electron chi connectivity index (χ4n) is 2.44. The lowest BCUT2D eigenvalue weighted by molar-refractivity contribution is -0.134. The van der Waals surface area contributed by atoms with Gasteiger partial charge in [0.1, 0.15) is 5.03 Å². The molecule has 116 valence electrons. The zero-order valence-electron chi connectivity index (χ0n) is 12.8. The van der Waals surface area contributed by atoms with Crippen molar-refractivity contribution in [2.24, 2.45) is 0 Å². The summed E-state index contributed by atoms with van der Waals surface area (Å²) in [6, 6.07) is 7.79. The van der Waals surface area contributed by atoms with Gasteiger partial charge in [-0.25, -0.2) is 9.97 Å². The Bertz CT molecular complexity index is 686. The summed E-state index contributed by atoms with van der Waals surface area (Å²) in [6.07, 6.45) is 0. The number of amides is 1. The molecular formula is C16H19N3O2S. The highest BCUT2D eigenvalue weighted by Gasteiger charge is 2.24. The molecule has 6 heteroatoms. The number of rotatable bonds is 3. The number of carbonyl (C=O) groups excluding carboxylic acids is 1. The molecule has 1 aromatic heterocycles. The average Bonchev–Trinajstić information content (AvgIpc) is 2.55. The highest BCUT2D eigenvalue weighted by atomic mass is 32.2. The molecule has 1 fully saturated rings. The number of ether oxygens (including phenoxy) is 1. The first-order valence-electron chi connectivity index (χ1n) is 7.42. The molecule has 2 aromatic rings. The van der Waals surface area contributed by atoms with E-state index >= 15 is 0 Å². The van der Waals surface area contributed by atoms with Crippen molar-refractivity contribution < 1.29 is 9.53 Å². The Labute approximate surface area is 134 Å². The van der Waals surface area contributed by atoms with Gasteiger partial charge in [0.25, 0.3) is 0 Å². The van der Waals surface area contributed by atoms with E-state index in [1.165, 1.54) is 11.8 Å². The summed E-state index contributed by atoms with van der Waals surface area (Å²) >= 11 is 1.48. The lowest BCUT2D eigenvalue weighted by Gasteiger charge is -2.29. The van der Waals surface area contributed by atoms with Crippen molar-refractivity contribution in [3.8, 4) is 0 Å². The van der Waals surface area contributed by atoms with Gasteiger partial charge < -0.3 is 9.64 Å². The molecule has 22 heavy (non-hydrogen) atoms. The number of nitrogens with zero attached hydrogens (tertiary/aromatic N) is 3. The van der Waals surface area contributed by atoms with E-state index in [0.717, 1.165) is 21.8 Å². The Morgan fingerprint density at radius 2 is 1.86 bits per heavy atom. The van der Waals surface area contributed by atoms with Crippen molar-refractivity contribution >= 4 is 28.7 Å². The number of benzene rings is 1. The summed E-state index contributed by atoms with van der Waals surface area (Å²) in [5.74, 6) is 0.141. The molecule has 0 spiro atoms. The minimum Gasteiger partial charge on any atom is -0.378 e. The second-order valence-corrected chi connectivity index (χ2v) is 6.63. The number of para-hydroxylation sites is 2. The van der Waals surface area contributed by atoms with Crippen LogP contribution in [0.3, 0.4) is 0 Å². The van der Waals surface area contributed by atoms with Crippen molar-refractivity contribution in [2.75, 3.05) is 26.3 Å². The van der Waals surface area contributed by atoms with Gasteiger partial charge in [-0.05, 0) is 26.0 Å². The molecule has 0 bridgehead atoms. The van der Waals surface area contributed by atoms with Gasteiger partial charge in [-0.15, -0.1) is 0 Å². The quantitative estimate of drug-likeness (QED) is 0.813. The van der Waals surface area contributed by atoms with E-state index in [-0.39, 0.29) is 11.2 Å². The van der Waals surface area contributed by atoms with Crippen molar-refractivity contribution in [3.05, 3.63) is 30.0 Å². The van der Waals surface area contributed by atoms with E-state index in [1.807, 2.05) is 43.0 Å². The second-order valence-electron chi connectivity index (χ2n) is 5.30. The molecule has 0 radical (unpaired) electrons. The predicted octanol–water partition coefficient (Wildman–Crippen LogP) is 2.28. The molecule has 1 aliphatic rings. The van der Waals surface area contributed by atoms with Crippen LogP contribution < -0.4 is 0 Å². The molecule has 0 aliphatic carbocycles. The van der Waals surface area contributed by atoms with Crippen LogP contribution in [-0.2, 0) is 9.53 Å². The summed E-state index contributed by atoms with van der Waals surface area (Å²) in [7, 11) is 0. The van der Waals surface area contributed by atoms with Crippen LogP contribution in [-0.4, -0.2) is 52.3 Å². The molecule has 1 unspecified atom stereocenters. The minimum absolute atomic E-state index is 0.141. The Kier molecular flexibility index (Phi) is 4.59. The molecule has 2 heterocycles. The molecule has 3 rings (SSSR count). The van der Waals surface area contributed by atoms with Crippen LogP contribution in [0.5, 0.6) is 0 Å². The Morgan fingerprint density at radius 3 is 2.55 bits per heavy atom. The Morgan fingerprint density at radius 1 is 1.23 bits per heavy atom. The van der Waals surface area contributed by atoms with Gasteiger partial charge in [0, 0.05) is 13.1 Å². The molecule has 1 aliphatic heterocycles. The van der Waals surface area contributed by atoms with Crippen molar-refractivity contribution in [1.29, 1.82) is 0 Å². The van der Waals surface area contributed by atoms with Crippen molar-refractivity contribution in [1.82, 2.24) is 14.9 Å². The standard InChI is InChI=1S/C16H19N3O2S/c1-11-15(18-14-6-4-3-5-13(14)17-11)22-12(2)16(20)19-7-9-21-10-8-19/h3-6,12H,7-10H2,1-2H3. The van der Waals surface area contributed by atoms with Crippen LogP contribution >= 0.6 is 11.8 Å². The molecule has 0 N–H and O–H groups in total. The van der Waals surface area contributed by atoms with E-state index in [4.69, 9.17) is 4.74 Å². The topological polar surface area (TPSA) is 55.3 Å². The minimum atomic E-state index is -0.174. The third kappa shape index (κ3) is 3.23. The maximum absolute atomic E-state index is 12.5. The van der Waals surface area contributed by atoms with Gasteiger partial charge in [0.05, 0.1) is 35.2 Å². The van der Waals surface area contributed by atoms with Gasteiger partial charge in [0.15, 0.2) is 0 Å². The monoisotopic (exact) mass is 317 g/mol.